The molecule has 0 unspecified atom stereocenters. The normalized spacial score (nSPS) is 22.8. The third-order valence-corrected chi connectivity index (χ3v) is 2.99. The number of fused-ring (bicyclic) bond motifs is 1. The molecule has 4 heteroatoms. The Morgan fingerprint density at radius 3 is 2.56 bits per heavy atom. The van der Waals surface area contributed by atoms with Crippen LogP contribution in [0.25, 0.3) is 0 Å². The number of amides is 1. The molecule has 0 bridgehead atoms. The highest BCUT2D eigenvalue weighted by Crippen LogP contribution is 2.40. The Bertz CT molecular complexity index is 464. The number of benzene rings is 1. The summed E-state index contributed by atoms with van der Waals surface area (Å²) < 4.78 is 5.32. The van der Waals surface area contributed by atoms with Gasteiger partial charge in [-0.2, -0.15) is 0 Å². The van der Waals surface area contributed by atoms with E-state index in [9.17, 15) is 9.90 Å². The molecule has 4 nitrogen and oxygen atoms in total. The van der Waals surface area contributed by atoms with Gasteiger partial charge < -0.3 is 9.84 Å². The smallest absolute Gasteiger partial charge is 0.416 e. The third-order valence-electron chi connectivity index (χ3n) is 2.99. The lowest BCUT2D eigenvalue weighted by atomic mass is 10.0. The van der Waals surface area contributed by atoms with Gasteiger partial charge in [0.15, 0.2) is 0 Å². The Morgan fingerprint density at radius 2 is 1.94 bits per heavy atom. The Morgan fingerprint density at radius 1 is 1.33 bits per heavy atom. The lowest BCUT2D eigenvalue weighted by Crippen LogP contribution is -2.42. The minimum absolute atomic E-state index is 0.103. The molecule has 1 aromatic rings. The minimum Gasteiger partial charge on any atom is -0.443 e. The highest BCUT2D eigenvalue weighted by molar-refractivity contribution is 5.91. The van der Waals surface area contributed by atoms with Crippen molar-refractivity contribution in [1.82, 2.24) is 0 Å². The number of rotatable bonds is 0. The first-order chi connectivity index (χ1) is 8.31. The molecule has 1 amide bonds. The number of carbonyl (C=O) groups is 1. The number of ether oxygens (including phenoxy) is 1. The van der Waals surface area contributed by atoms with Crippen molar-refractivity contribution in [3.8, 4) is 0 Å². The monoisotopic (exact) mass is 249 g/mol. The number of hydrogen-bond donors (Lipinski definition) is 1. The zero-order chi connectivity index (χ0) is 13.5. The lowest BCUT2D eigenvalue weighted by Gasteiger charge is -2.27. The zero-order valence-electron chi connectivity index (χ0n) is 11.2. The van der Waals surface area contributed by atoms with Gasteiger partial charge in [0.25, 0.3) is 0 Å². The Balaban J connectivity index is 2.32. The summed E-state index contributed by atoms with van der Waals surface area (Å²) in [6.45, 7) is 7.32. The highest BCUT2D eigenvalue weighted by Gasteiger charge is 2.39. The predicted octanol–water partition coefficient (Wildman–Crippen LogP) is 2.86. The zero-order valence-corrected chi connectivity index (χ0v) is 11.2. The summed E-state index contributed by atoms with van der Waals surface area (Å²) in [5, 5.41) is 10.2. The lowest BCUT2D eigenvalue weighted by molar-refractivity contribution is 0.0470. The summed E-state index contributed by atoms with van der Waals surface area (Å²) in [6.07, 6.45) is -1.37. The van der Waals surface area contributed by atoms with E-state index in [1.807, 2.05) is 52.0 Å². The molecule has 0 radical (unpaired) electrons. The topological polar surface area (TPSA) is 49.8 Å². The average Bonchev–Trinajstić information content (AvgIpc) is 2.50. The number of anilines is 1. The maximum Gasteiger partial charge on any atom is 0.416 e. The molecular formula is C14H19NO3. The molecule has 0 aromatic heterocycles. The first kappa shape index (κ1) is 12.9. The second-order valence-electron chi connectivity index (χ2n) is 5.61. The van der Waals surface area contributed by atoms with E-state index in [2.05, 4.69) is 0 Å². The number of nitrogens with zero attached hydrogens (tertiary/aromatic N) is 1. The number of para-hydroxylation sites is 1. The second kappa shape index (κ2) is 4.28. The number of aliphatic hydroxyl groups is 1. The van der Waals surface area contributed by atoms with Gasteiger partial charge in [-0.05, 0) is 32.4 Å². The number of carbonyl (C=O) groups excluding carboxylic acids is 1. The highest BCUT2D eigenvalue weighted by atomic mass is 16.6. The van der Waals surface area contributed by atoms with Crippen LogP contribution in [0.1, 0.15) is 39.2 Å². The average molecular weight is 249 g/mol. The molecule has 0 spiro atoms. The van der Waals surface area contributed by atoms with Crippen LogP contribution in [0.3, 0.4) is 0 Å². The minimum atomic E-state index is -0.864. The van der Waals surface area contributed by atoms with Gasteiger partial charge in [0.1, 0.15) is 11.8 Å². The van der Waals surface area contributed by atoms with Gasteiger partial charge in [-0.25, -0.2) is 4.79 Å². The molecule has 0 aliphatic carbocycles. The van der Waals surface area contributed by atoms with Crippen molar-refractivity contribution in [3.05, 3.63) is 29.8 Å². The van der Waals surface area contributed by atoms with E-state index in [4.69, 9.17) is 4.74 Å². The fourth-order valence-electron chi connectivity index (χ4n) is 2.14. The van der Waals surface area contributed by atoms with Crippen molar-refractivity contribution in [2.75, 3.05) is 4.90 Å². The maximum absolute atomic E-state index is 12.1. The molecule has 0 saturated carbocycles. The molecule has 1 aliphatic heterocycles. The standard InChI is InChI=1S/C14H19NO3/c1-9-10-7-5-6-8-11(10)15(12(9)16)13(17)18-14(2,3)4/h5-9,12,16H,1-4H3/t9-,12+/m0/s1. The molecule has 1 aliphatic rings. The van der Waals surface area contributed by atoms with Crippen LogP contribution in [0, 0.1) is 0 Å². The summed E-state index contributed by atoms with van der Waals surface area (Å²) in [4.78, 5) is 13.4. The molecule has 2 rings (SSSR count). The molecule has 2 atom stereocenters. The summed E-state index contributed by atoms with van der Waals surface area (Å²) in [7, 11) is 0. The van der Waals surface area contributed by atoms with Crippen LogP contribution >= 0.6 is 0 Å². The molecule has 0 fully saturated rings. The fraction of sp³-hybridized carbons (Fsp3) is 0.500. The second-order valence-corrected chi connectivity index (χ2v) is 5.61. The quantitative estimate of drug-likeness (QED) is 0.769. The molecule has 1 aromatic carbocycles. The fourth-order valence-corrected chi connectivity index (χ4v) is 2.14. The van der Waals surface area contributed by atoms with Crippen LogP contribution in [0.15, 0.2) is 24.3 Å². The van der Waals surface area contributed by atoms with E-state index in [0.717, 1.165) is 11.3 Å². The van der Waals surface area contributed by atoms with Crippen molar-refractivity contribution in [2.24, 2.45) is 0 Å². The molecule has 1 N–H and O–H groups in total. The summed E-state index contributed by atoms with van der Waals surface area (Å²) in [5.41, 5.74) is 1.13. The van der Waals surface area contributed by atoms with Crippen molar-refractivity contribution in [2.45, 2.75) is 45.4 Å². The van der Waals surface area contributed by atoms with Gasteiger partial charge in [-0.1, -0.05) is 25.1 Å². The van der Waals surface area contributed by atoms with Gasteiger partial charge in [-0.3, -0.25) is 4.90 Å². The van der Waals surface area contributed by atoms with E-state index < -0.39 is 17.9 Å². The maximum atomic E-state index is 12.1. The summed E-state index contributed by atoms with van der Waals surface area (Å²) >= 11 is 0. The summed E-state index contributed by atoms with van der Waals surface area (Å²) in [5.74, 6) is -0.103. The number of hydrogen-bond acceptors (Lipinski definition) is 3. The molecule has 18 heavy (non-hydrogen) atoms. The van der Waals surface area contributed by atoms with Crippen LogP contribution in [0.2, 0.25) is 0 Å². The van der Waals surface area contributed by atoms with Gasteiger partial charge in [0.2, 0.25) is 0 Å². The van der Waals surface area contributed by atoms with E-state index in [-0.39, 0.29) is 5.92 Å². The molecule has 98 valence electrons. The van der Waals surface area contributed by atoms with Crippen LogP contribution in [-0.4, -0.2) is 23.0 Å². The Labute approximate surface area is 107 Å². The van der Waals surface area contributed by atoms with E-state index in [0.29, 0.717) is 0 Å². The third kappa shape index (κ3) is 2.20. The molecule has 0 saturated heterocycles. The molecular weight excluding hydrogens is 230 g/mol. The molecule has 1 heterocycles. The van der Waals surface area contributed by atoms with Gasteiger partial charge in [-0.15, -0.1) is 0 Å². The van der Waals surface area contributed by atoms with Crippen LogP contribution in [-0.2, 0) is 4.74 Å². The van der Waals surface area contributed by atoms with Gasteiger partial charge in [0, 0.05) is 5.92 Å². The van der Waals surface area contributed by atoms with Gasteiger partial charge >= 0.3 is 6.09 Å². The van der Waals surface area contributed by atoms with Crippen molar-refractivity contribution in [3.63, 3.8) is 0 Å². The van der Waals surface area contributed by atoms with Crippen LogP contribution in [0.4, 0.5) is 10.5 Å². The van der Waals surface area contributed by atoms with Crippen LogP contribution in [0.5, 0.6) is 0 Å². The Kier molecular flexibility index (Phi) is 3.07. The van der Waals surface area contributed by atoms with Crippen LogP contribution < -0.4 is 4.90 Å². The van der Waals surface area contributed by atoms with E-state index in [1.165, 1.54) is 4.90 Å². The predicted molar refractivity (Wildman–Crippen MR) is 69.6 cm³/mol. The first-order valence-electron chi connectivity index (χ1n) is 6.10. The van der Waals surface area contributed by atoms with Gasteiger partial charge in [0.05, 0.1) is 5.69 Å². The van der Waals surface area contributed by atoms with Crippen molar-refractivity contribution >= 4 is 11.8 Å². The first-order valence-corrected chi connectivity index (χ1v) is 6.10. The Hall–Kier alpha value is -1.55. The largest absolute Gasteiger partial charge is 0.443 e. The van der Waals surface area contributed by atoms with Crippen molar-refractivity contribution < 1.29 is 14.6 Å². The van der Waals surface area contributed by atoms with E-state index >= 15 is 0 Å². The van der Waals surface area contributed by atoms with Crippen molar-refractivity contribution in [1.29, 1.82) is 0 Å². The number of aliphatic hydroxyl groups excluding tert-OH is 1. The van der Waals surface area contributed by atoms with E-state index in [1.54, 1.807) is 0 Å². The SMILES string of the molecule is C[C@H]1c2ccccc2N(C(=O)OC(C)(C)C)[C@@H]1O. The summed E-state index contributed by atoms with van der Waals surface area (Å²) in [6, 6.07) is 7.50.